The van der Waals surface area contributed by atoms with Gasteiger partial charge in [0.1, 0.15) is 23.2 Å². The second kappa shape index (κ2) is 10.3. The molecule has 1 atom stereocenters. The average Bonchev–Trinajstić information content (AvgIpc) is 3.45. The van der Waals surface area contributed by atoms with Crippen LogP contribution in [0.2, 0.25) is 0 Å². The third kappa shape index (κ3) is 4.73. The smallest absolute Gasteiger partial charge is 0.257 e. The van der Waals surface area contributed by atoms with Crippen molar-refractivity contribution in [2.75, 3.05) is 13.2 Å². The molecule has 1 aromatic carbocycles. The van der Waals surface area contributed by atoms with Crippen LogP contribution in [0.1, 0.15) is 97.2 Å². The van der Waals surface area contributed by atoms with Crippen molar-refractivity contribution < 1.29 is 18.4 Å². The number of ether oxygens (including phenoxy) is 1. The van der Waals surface area contributed by atoms with Crippen molar-refractivity contribution in [1.82, 2.24) is 20.4 Å². The molecule has 7 nitrogen and oxygen atoms in total. The fourth-order valence-corrected chi connectivity index (χ4v) is 5.51. The lowest BCUT2D eigenvalue weighted by atomic mass is 9.85. The number of hydrogen-bond donors (Lipinski definition) is 2. The quantitative estimate of drug-likeness (QED) is 0.499. The lowest BCUT2D eigenvalue weighted by molar-refractivity contribution is 0.0846. The Morgan fingerprint density at radius 2 is 1.85 bits per heavy atom. The minimum absolute atomic E-state index is 0.149. The SMILES string of the molecule is Cc1nocc1C(=O)NC(c1nc2c(F)c(C3CCOCC3)ccc2[nH]1)C1CCCCCCC1. The molecule has 2 N–H and O–H groups in total. The molecule has 1 saturated carbocycles. The van der Waals surface area contributed by atoms with Crippen molar-refractivity contribution in [3.05, 3.63) is 46.9 Å². The zero-order chi connectivity index (χ0) is 23.5. The number of rotatable bonds is 5. The van der Waals surface area contributed by atoms with Crippen LogP contribution in [0.25, 0.3) is 11.0 Å². The Morgan fingerprint density at radius 1 is 1.12 bits per heavy atom. The molecule has 0 bridgehead atoms. The summed E-state index contributed by atoms with van der Waals surface area (Å²) in [5.74, 6) is 0.490. The van der Waals surface area contributed by atoms with Gasteiger partial charge in [-0.15, -0.1) is 0 Å². The van der Waals surface area contributed by atoms with Gasteiger partial charge in [-0.2, -0.15) is 0 Å². The molecular formula is C26H33FN4O3. The van der Waals surface area contributed by atoms with Gasteiger partial charge >= 0.3 is 0 Å². The summed E-state index contributed by atoms with van der Waals surface area (Å²) in [6.07, 6.45) is 10.9. The van der Waals surface area contributed by atoms with Crippen LogP contribution in [0.4, 0.5) is 4.39 Å². The molecule has 34 heavy (non-hydrogen) atoms. The number of aryl methyl sites for hydroxylation is 1. The second-order valence-corrected chi connectivity index (χ2v) is 9.74. The highest BCUT2D eigenvalue weighted by Gasteiger charge is 2.30. The number of fused-ring (bicyclic) bond motifs is 1. The van der Waals surface area contributed by atoms with Gasteiger partial charge in [-0.05, 0) is 56.1 Å². The van der Waals surface area contributed by atoms with Crippen LogP contribution in [-0.2, 0) is 4.74 Å². The molecule has 3 heterocycles. The number of amides is 1. The lowest BCUT2D eigenvalue weighted by Crippen LogP contribution is -2.35. The van der Waals surface area contributed by atoms with Crippen LogP contribution in [0, 0.1) is 18.7 Å². The van der Waals surface area contributed by atoms with Gasteiger partial charge in [-0.1, -0.05) is 43.3 Å². The van der Waals surface area contributed by atoms with E-state index in [0.29, 0.717) is 46.9 Å². The van der Waals surface area contributed by atoms with Crippen LogP contribution < -0.4 is 5.32 Å². The Kier molecular flexibility index (Phi) is 6.94. The Balaban J connectivity index is 1.49. The van der Waals surface area contributed by atoms with E-state index in [1.54, 1.807) is 6.92 Å². The number of aromatic amines is 1. The summed E-state index contributed by atoms with van der Waals surface area (Å²) in [5, 5.41) is 7.02. The molecule has 3 aromatic rings. The number of aromatic nitrogens is 3. The Hall–Kier alpha value is -2.74. The number of hydrogen-bond acceptors (Lipinski definition) is 5. The number of carbonyl (C=O) groups is 1. The van der Waals surface area contributed by atoms with E-state index in [9.17, 15) is 4.79 Å². The van der Waals surface area contributed by atoms with Crippen molar-refractivity contribution in [2.24, 2.45) is 5.92 Å². The molecule has 8 heteroatoms. The molecule has 1 amide bonds. The van der Waals surface area contributed by atoms with E-state index in [-0.39, 0.29) is 29.6 Å². The number of carbonyl (C=O) groups excluding carboxylic acids is 1. The Morgan fingerprint density at radius 3 is 2.56 bits per heavy atom. The standard InChI is InChI=1S/C26H33FN4O3/c1-16-20(15-34-31-16)26(32)30-23(18-7-5-3-2-4-6-8-18)25-28-21-10-9-19(22(27)24(21)29-25)17-11-13-33-14-12-17/h9-10,15,17-18,23H,2-8,11-14H2,1H3,(H,28,29)(H,30,32). The van der Waals surface area contributed by atoms with E-state index >= 15 is 4.39 Å². The summed E-state index contributed by atoms with van der Waals surface area (Å²) < 4.78 is 26.0. The van der Waals surface area contributed by atoms with Gasteiger partial charge in [0, 0.05) is 13.2 Å². The third-order valence-corrected chi connectivity index (χ3v) is 7.50. The third-order valence-electron chi connectivity index (χ3n) is 7.50. The summed E-state index contributed by atoms with van der Waals surface area (Å²) in [7, 11) is 0. The first-order valence-electron chi connectivity index (χ1n) is 12.6. The van der Waals surface area contributed by atoms with Crippen molar-refractivity contribution >= 4 is 16.9 Å². The first kappa shape index (κ1) is 23.0. The predicted molar refractivity (Wildman–Crippen MR) is 126 cm³/mol. The maximum Gasteiger partial charge on any atom is 0.257 e. The molecule has 2 fully saturated rings. The summed E-state index contributed by atoms with van der Waals surface area (Å²) in [4.78, 5) is 21.2. The maximum absolute atomic E-state index is 15.6. The molecule has 0 radical (unpaired) electrons. The van der Waals surface area contributed by atoms with Crippen molar-refractivity contribution in [2.45, 2.75) is 76.7 Å². The molecular weight excluding hydrogens is 435 g/mol. The highest BCUT2D eigenvalue weighted by atomic mass is 19.1. The summed E-state index contributed by atoms with van der Waals surface area (Å²) >= 11 is 0. The van der Waals surface area contributed by atoms with Crippen molar-refractivity contribution in [1.29, 1.82) is 0 Å². The van der Waals surface area contributed by atoms with E-state index in [4.69, 9.17) is 14.2 Å². The fourth-order valence-electron chi connectivity index (χ4n) is 5.51. The van der Waals surface area contributed by atoms with E-state index < -0.39 is 0 Å². The van der Waals surface area contributed by atoms with Crippen LogP contribution in [-0.4, -0.2) is 34.2 Å². The van der Waals surface area contributed by atoms with E-state index in [1.165, 1.54) is 25.5 Å². The Bertz CT molecular complexity index is 1130. The van der Waals surface area contributed by atoms with Gasteiger partial charge in [-0.25, -0.2) is 9.37 Å². The Labute approximate surface area is 198 Å². The van der Waals surface area contributed by atoms with Crippen molar-refractivity contribution in [3.63, 3.8) is 0 Å². The maximum atomic E-state index is 15.6. The van der Waals surface area contributed by atoms with Gasteiger partial charge in [0.25, 0.3) is 5.91 Å². The number of imidazole rings is 1. The number of halogens is 1. The number of nitrogens with zero attached hydrogens (tertiary/aromatic N) is 2. The molecule has 5 rings (SSSR count). The number of nitrogens with one attached hydrogen (secondary N) is 2. The molecule has 1 aliphatic carbocycles. The highest BCUT2D eigenvalue weighted by Crippen LogP contribution is 2.35. The molecule has 0 spiro atoms. The summed E-state index contributed by atoms with van der Waals surface area (Å²) in [6.45, 7) is 3.07. The molecule has 2 aliphatic rings. The molecule has 1 unspecified atom stereocenters. The summed E-state index contributed by atoms with van der Waals surface area (Å²) in [6, 6.07) is 3.46. The molecule has 1 saturated heterocycles. The molecule has 182 valence electrons. The largest absolute Gasteiger partial charge is 0.381 e. The van der Waals surface area contributed by atoms with Gasteiger partial charge < -0.3 is 19.6 Å². The predicted octanol–water partition coefficient (Wildman–Crippen LogP) is 5.72. The fraction of sp³-hybridized carbons (Fsp3) is 0.577. The topological polar surface area (TPSA) is 93.0 Å². The molecule has 1 aliphatic heterocycles. The summed E-state index contributed by atoms with van der Waals surface area (Å²) in [5.41, 5.74) is 2.69. The lowest BCUT2D eigenvalue weighted by Gasteiger charge is -2.28. The van der Waals surface area contributed by atoms with Gasteiger partial charge in [0.05, 0.1) is 17.3 Å². The van der Waals surface area contributed by atoms with Gasteiger partial charge in [-0.3, -0.25) is 4.79 Å². The minimum Gasteiger partial charge on any atom is -0.381 e. The van der Waals surface area contributed by atoms with E-state index in [1.807, 2.05) is 12.1 Å². The van der Waals surface area contributed by atoms with Gasteiger partial charge in [0.2, 0.25) is 0 Å². The monoisotopic (exact) mass is 468 g/mol. The zero-order valence-corrected chi connectivity index (χ0v) is 19.7. The second-order valence-electron chi connectivity index (χ2n) is 9.74. The highest BCUT2D eigenvalue weighted by molar-refractivity contribution is 5.95. The zero-order valence-electron chi connectivity index (χ0n) is 19.7. The van der Waals surface area contributed by atoms with E-state index in [2.05, 4.69) is 15.5 Å². The van der Waals surface area contributed by atoms with Gasteiger partial charge in [0.15, 0.2) is 5.82 Å². The normalized spacial score (nSPS) is 19.6. The van der Waals surface area contributed by atoms with E-state index in [0.717, 1.165) is 38.5 Å². The van der Waals surface area contributed by atoms with Crippen LogP contribution in [0.15, 0.2) is 22.9 Å². The van der Waals surface area contributed by atoms with Crippen LogP contribution in [0.5, 0.6) is 0 Å². The average molecular weight is 469 g/mol. The van der Waals surface area contributed by atoms with Crippen LogP contribution >= 0.6 is 0 Å². The molecule has 2 aromatic heterocycles. The number of H-pyrrole nitrogens is 1. The number of benzene rings is 1. The first-order chi connectivity index (χ1) is 16.6. The minimum atomic E-state index is -0.335. The van der Waals surface area contributed by atoms with Crippen LogP contribution in [0.3, 0.4) is 0 Å². The van der Waals surface area contributed by atoms with Crippen molar-refractivity contribution in [3.8, 4) is 0 Å². The first-order valence-corrected chi connectivity index (χ1v) is 12.6.